The molecule has 4 unspecified atom stereocenters. The largest absolute Gasteiger partial charge is 0.472 e. The van der Waals surface area contributed by atoms with Crippen LogP contribution < -0.4 is 4.74 Å². The van der Waals surface area contributed by atoms with E-state index in [4.69, 9.17) is 4.74 Å². The number of halogens is 3. The first-order valence-electron chi connectivity index (χ1n) is 10.7. The number of hydrogen-bond donors (Lipinski definition) is 0. The number of pyridine rings is 3. The van der Waals surface area contributed by atoms with Gasteiger partial charge < -0.3 is 9.64 Å². The number of hydrogen-bond acceptors (Lipinski definition) is 5. The van der Waals surface area contributed by atoms with Crippen LogP contribution in [0.25, 0.3) is 11.4 Å². The Morgan fingerprint density at radius 2 is 1.88 bits per heavy atom. The molecule has 0 N–H and O–H groups in total. The monoisotopic (exact) mass is 452 g/mol. The predicted molar refractivity (Wildman–Crippen MR) is 111 cm³/mol. The molecule has 1 aliphatic heterocycles. The van der Waals surface area contributed by atoms with E-state index in [1.807, 2.05) is 17.0 Å². The van der Waals surface area contributed by atoms with Crippen molar-refractivity contribution < 1.29 is 22.7 Å². The molecule has 6 rings (SSSR count). The lowest BCUT2D eigenvalue weighted by molar-refractivity contribution is -0.137. The van der Waals surface area contributed by atoms with Gasteiger partial charge in [-0.1, -0.05) is 6.07 Å². The van der Waals surface area contributed by atoms with Crippen molar-refractivity contribution in [1.82, 2.24) is 19.9 Å². The summed E-state index contributed by atoms with van der Waals surface area (Å²) >= 11 is 0. The highest BCUT2D eigenvalue weighted by atomic mass is 19.4. The Morgan fingerprint density at radius 3 is 2.61 bits per heavy atom. The maximum Gasteiger partial charge on any atom is 0.417 e. The standard InChI is InChI=1S/C24H19F3N4O2/c25-24(26,27)14-6-7-19(30-12-14)33-18-11-23-10-15(23)13-31(21(18)23)22(32)16-4-3-9-29-20(16)17-5-1-2-8-28-17/h1-9,12,15,18,21H,10-11,13H2. The van der Waals surface area contributed by atoms with Gasteiger partial charge in [-0.25, -0.2) is 4.98 Å². The van der Waals surface area contributed by atoms with Crippen molar-refractivity contribution in [2.45, 2.75) is 31.2 Å². The van der Waals surface area contributed by atoms with Gasteiger partial charge >= 0.3 is 6.18 Å². The maximum atomic E-state index is 13.6. The van der Waals surface area contributed by atoms with E-state index in [0.717, 1.165) is 25.1 Å². The van der Waals surface area contributed by atoms with E-state index in [9.17, 15) is 18.0 Å². The predicted octanol–water partition coefficient (Wildman–Crippen LogP) is 4.24. The van der Waals surface area contributed by atoms with Crippen LogP contribution in [0.3, 0.4) is 0 Å². The molecule has 1 saturated heterocycles. The third-order valence-electron chi connectivity index (χ3n) is 7.10. The molecule has 3 aliphatic rings. The maximum absolute atomic E-state index is 13.6. The SMILES string of the molecule is O=C(c1cccnc1-c1ccccn1)N1CC2CC23CC(Oc2ccc(C(F)(F)F)cn2)C13. The van der Waals surface area contributed by atoms with Gasteiger partial charge in [0.05, 0.1) is 22.9 Å². The number of ether oxygens (including phenoxy) is 1. The molecule has 3 fully saturated rings. The van der Waals surface area contributed by atoms with E-state index in [2.05, 4.69) is 15.0 Å². The van der Waals surface area contributed by atoms with Crippen LogP contribution in [0.15, 0.2) is 61.1 Å². The van der Waals surface area contributed by atoms with Crippen LogP contribution in [0.4, 0.5) is 13.2 Å². The minimum absolute atomic E-state index is 0.0552. The molecule has 2 saturated carbocycles. The summed E-state index contributed by atoms with van der Waals surface area (Å²) < 4.78 is 44.4. The van der Waals surface area contributed by atoms with E-state index < -0.39 is 11.7 Å². The number of likely N-dealkylation sites (tertiary alicyclic amines) is 1. The molecule has 0 aromatic carbocycles. The third kappa shape index (κ3) is 3.17. The Balaban J connectivity index is 1.25. The minimum atomic E-state index is -4.45. The first-order valence-corrected chi connectivity index (χ1v) is 10.7. The highest BCUT2D eigenvalue weighted by Crippen LogP contribution is 2.71. The van der Waals surface area contributed by atoms with Crippen molar-refractivity contribution in [3.05, 3.63) is 72.2 Å². The molecule has 2 aliphatic carbocycles. The number of rotatable bonds is 4. The Morgan fingerprint density at radius 1 is 1.03 bits per heavy atom. The van der Waals surface area contributed by atoms with Gasteiger partial charge in [0.15, 0.2) is 0 Å². The Hall–Kier alpha value is -3.49. The highest BCUT2D eigenvalue weighted by molar-refractivity contribution is 6.00. The number of nitrogens with zero attached hydrogens (tertiary/aromatic N) is 4. The van der Waals surface area contributed by atoms with Gasteiger partial charge in [-0.3, -0.25) is 14.8 Å². The molecule has 1 spiro atoms. The quantitative estimate of drug-likeness (QED) is 0.593. The first kappa shape index (κ1) is 20.1. The molecule has 0 bridgehead atoms. The van der Waals surface area contributed by atoms with Crippen LogP contribution in [0.1, 0.15) is 28.8 Å². The molecule has 3 aromatic heterocycles. The summed E-state index contributed by atoms with van der Waals surface area (Å²) in [6.45, 7) is 0.639. The summed E-state index contributed by atoms with van der Waals surface area (Å²) in [4.78, 5) is 28.0. The molecule has 168 valence electrons. The summed E-state index contributed by atoms with van der Waals surface area (Å²) in [5, 5.41) is 0. The van der Waals surface area contributed by atoms with E-state index in [1.54, 1.807) is 30.6 Å². The zero-order chi connectivity index (χ0) is 22.8. The summed E-state index contributed by atoms with van der Waals surface area (Å²) in [6, 6.07) is 11.0. The van der Waals surface area contributed by atoms with Crippen molar-refractivity contribution in [2.24, 2.45) is 11.3 Å². The fraction of sp³-hybridized carbons (Fsp3) is 0.333. The van der Waals surface area contributed by atoms with E-state index >= 15 is 0 Å². The second kappa shape index (κ2) is 7.00. The van der Waals surface area contributed by atoms with Crippen LogP contribution in [0.2, 0.25) is 0 Å². The molecule has 6 nitrogen and oxygen atoms in total. The molecular weight excluding hydrogens is 433 g/mol. The normalized spacial score (nSPS) is 27.4. The Kier molecular flexibility index (Phi) is 4.27. The number of carbonyl (C=O) groups excluding carboxylic acids is 1. The zero-order valence-electron chi connectivity index (χ0n) is 17.4. The third-order valence-corrected chi connectivity index (χ3v) is 7.10. The van der Waals surface area contributed by atoms with E-state index in [-0.39, 0.29) is 29.3 Å². The molecule has 9 heteroatoms. The van der Waals surface area contributed by atoms with E-state index in [1.165, 1.54) is 6.07 Å². The van der Waals surface area contributed by atoms with Gasteiger partial charge in [0.2, 0.25) is 5.88 Å². The highest BCUT2D eigenvalue weighted by Gasteiger charge is 2.76. The average Bonchev–Trinajstić information content (AvgIpc) is 3.47. The lowest BCUT2D eigenvalue weighted by Crippen LogP contribution is -2.59. The van der Waals surface area contributed by atoms with Gasteiger partial charge in [0, 0.05) is 36.6 Å². The summed E-state index contributed by atoms with van der Waals surface area (Å²) in [6.07, 6.45) is 1.13. The molecule has 4 atom stereocenters. The lowest BCUT2D eigenvalue weighted by Gasteiger charge is -2.47. The van der Waals surface area contributed by atoms with Gasteiger partial charge in [0.25, 0.3) is 5.91 Å². The van der Waals surface area contributed by atoms with Crippen LogP contribution >= 0.6 is 0 Å². The van der Waals surface area contributed by atoms with Crippen LogP contribution in [-0.2, 0) is 6.18 Å². The van der Waals surface area contributed by atoms with E-state index in [0.29, 0.717) is 29.4 Å². The van der Waals surface area contributed by atoms with Gasteiger partial charge in [-0.2, -0.15) is 13.2 Å². The molecule has 33 heavy (non-hydrogen) atoms. The molecule has 0 radical (unpaired) electrons. The smallest absolute Gasteiger partial charge is 0.417 e. The van der Waals surface area contributed by atoms with Crippen LogP contribution in [-0.4, -0.2) is 44.4 Å². The molecular formula is C24H19F3N4O2. The fourth-order valence-electron chi connectivity index (χ4n) is 5.46. The fourth-order valence-corrected chi connectivity index (χ4v) is 5.46. The van der Waals surface area contributed by atoms with Crippen LogP contribution in [0.5, 0.6) is 5.88 Å². The second-order valence-electron chi connectivity index (χ2n) is 8.89. The Bertz CT molecular complexity index is 1220. The van der Waals surface area contributed by atoms with Crippen molar-refractivity contribution in [3.63, 3.8) is 0 Å². The van der Waals surface area contributed by atoms with Crippen molar-refractivity contribution in [2.75, 3.05) is 6.54 Å². The van der Waals surface area contributed by atoms with Gasteiger partial charge in [0.1, 0.15) is 11.8 Å². The number of amides is 1. The van der Waals surface area contributed by atoms with Gasteiger partial charge in [-0.05, 0) is 49.1 Å². The minimum Gasteiger partial charge on any atom is -0.472 e. The summed E-state index contributed by atoms with van der Waals surface area (Å²) in [5.41, 5.74) is 0.860. The first-order chi connectivity index (χ1) is 15.9. The van der Waals surface area contributed by atoms with Crippen molar-refractivity contribution in [1.29, 1.82) is 0 Å². The average molecular weight is 452 g/mol. The number of piperidine rings is 1. The van der Waals surface area contributed by atoms with Crippen molar-refractivity contribution >= 4 is 5.91 Å². The number of alkyl halides is 3. The van der Waals surface area contributed by atoms with Crippen LogP contribution in [0, 0.1) is 11.3 Å². The molecule has 4 heterocycles. The molecule has 1 amide bonds. The second-order valence-corrected chi connectivity index (χ2v) is 8.89. The van der Waals surface area contributed by atoms with Gasteiger partial charge in [-0.15, -0.1) is 0 Å². The summed E-state index contributed by atoms with van der Waals surface area (Å²) in [5.74, 6) is 0.436. The Labute approximate surface area is 187 Å². The number of aromatic nitrogens is 3. The topological polar surface area (TPSA) is 68.2 Å². The molecule has 3 aromatic rings. The number of carbonyl (C=O) groups is 1. The zero-order valence-corrected chi connectivity index (χ0v) is 17.4. The summed E-state index contributed by atoms with van der Waals surface area (Å²) in [7, 11) is 0. The van der Waals surface area contributed by atoms with Crippen molar-refractivity contribution in [3.8, 4) is 17.3 Å². The lowest BCUT2D eigenvalue weighted by atomic mass is 9.73.